The third-order valence-corrected chi connectivity index (χ3v) is 3.61. The predicted molar refractivity (Wildman–Crippen MR) is 87.9 cm³/mol. The molecule has 2 N–H and O–H groups in total. The number of carbonyl (C=O) groups excluding carboxylic acids is 1. The molecule has 0 atom stereocenters. The zero-order valence-electron chi connectivity index (χ0n) is 13.0. The molecule has 3 rings (SSSR count). The first-order valence-electron chi connectivity index (χ1n) is 7.59. The summed E-state index contributed by atoms with van der Waals surface area (Å²) < 4.78 is 1.98. The van der Waals surface area contributed by atoms with Crippen molar-refractivity contribution >= 4 is 5.91 Å². The molecule has 0 aliphatic rings. The highest BCUT2D eigenvalue weighted by Crippen LogP contribution is 2.18. The van der Waals surface area contributed by atoms with Crippen LogP contribution >= 0.6 is 0 Å². The van der Waals surface area contributed by atoms with Crippen molar-refractivity contribution < 1.29 is 4.79 Å². The summed E-state index contributed by atoms with van der Waals surface area (Å²) in [5.74, 6) is -0.138. The van der Waals surface area contributed by atoms with Crippen molar-refractivity contribution in [3.8, 4) is 11.3 Å². The normalized spacial score (nSPS) is 10.7. The molecule has 0 saturated heterocycles. The summed E-state index contributed by atoms with van der Waals surface area (Å²) in [6, 6.07) is 9.83. The van der Waals surface area contributed by atoms with Gasteiger partial charge >= 0.3 is 0 Å². The summed E-state index contributed by atoms with van der Waals surface area (Å²) in [5, 5.41) is 9.90. The zero-order chi connectivity index (χ0) is 16.1. The number of hydrogen-bond donors (Lipinski definition) is 2. The van der Waals surface area contributed by atoms with Crippen LogP contribution in [0.25, 0.3) is 11.3 Å². The fourth-order valence-electron chi connectivity index (χ4n) is 2.29. The Kier molecular flexibility index (Phi) is 4.52. The molecule has 2 aromatic heterocycles. The Morgan fingerprint density at radius 3 is 2.87 bits per heavy atom. The number of hydrogen-bond acceptors (Lipinski definition) is 3. The van der Waals surface area contributed by atoms with Gasteiger partial charge in [0.1, 0.15) is 5.69 Å². The zero-order valence-corrected chi connectivity index (χ0v) is 13.0. The Morgan fingerprint density at radius 2 is 2.13 bits per heavy atom. The van der Waals surface area contributed by atoms with Gasteiger partial charge in [0.05, 0.1) is 12.0 Å². The molecule has 0 spiro atoms. The summed E-state index contributed by atoms with van der Waals surface area (Å²) in [6.07, 6.45) is 6.27. The quantitative estimate of drug-likeness (QED) is 0.687. The van der Waals surface area contributed by atoms with Crippen molar-refractivity contribution in [1.29, 1.82) is 0 Å². The van der Waals surface area contributed by atoms with E-state index in [1.165, 1.54) is 5.56 Å². The summed E-state index contributed by atoms with van der Waals surface area (Å²) in [4.78, 5) is 16.1. The number of aromatic amines is 1. The second-order valence-corrected chi connectivity index (χ2v) is 5.44. The molecule has 0 radical (unpaired) electrons. The Morgan fingerprint density at radius 1 is 1.30 bits per heavy atom. The van der Waals surface area contributed by atoms with Crippen LogP contribution in [-0.4, -0.2) is 32.2 Å². The number of aryl methyl sites for hydroxylation is 2. The lowest BCUT2D eigenvalue weighted by Crippen LogP contribution is -2.25. The van der Waals surface area contributed by atoms with Gasteiger partial charge in [0, 0.05) is 31.0 Å². The molecule has 0 aliphatic carbocycles. The van der Waals surface area contributed by atoms with Gasteiger partial charge < -0.3 is 9.88 Å². The standard InChI is InChI=1S/C17H19N5O/c1-13-3-5-14(6-4-13)15-11-16(21-20-15)17(23)19-7-2-9-22-10-8-18-12-22/h3-6,8,10-12H,2,7,9H2,1H3,(H,19,23)(H,20,21). The number of benzene rings is 1. The van der Waals surface area contributed by atoms with Gasteiger partial charge in [-0.1, -0.05) is 29.8 Å². The van der Waals surface area contributed by atoms with Gasteiger partial charge in [0.2, 0.25) is 0 Å². The fraction of sp³-hybridized carbons (Fsp3) is 0.235. The molecule has 0 bridgehead atoms. The lowest BCUT2D eigenvalue weighted by Gasteiger charge is -2.04. The van der Waals surface area contributed by atoms with Gasteiger partial charge in [-0.15, -0.1) is 0 Å². The monoisotopic (exact) mass is 309 g/mol. The smallest absolute Gasteiger partial charge is 0.269 e. The molecule has 0 fully saturated rings. The molecule has 0 unspecified atom stereocenters. The molecule has 1 amide bonds. The minimum atomic E-state index is -0.138. The second-order valence-electron chi connectivity index (χ2n) is 5.44. The Bertz CT molecular complexity index is 759. The van der Waals surface area contributed by atoms with Gasteiger partial charge in [-0.05, 0) is 19.4 Å². The van der Waals surface area contributed by atoms with Crippen molar-refractivity contribution in [2.45, 2.75) is 19.9 Å². The number of nitrogens with one attached hydrogen (secondary N) is 2. The van der Waals surface area contributed by atoms with Crippen LogP contribution in [0.4, 0.5) is 0 Å². The van der Waals surface area contributed by atoms with Gasteiger partial charge in [-0.3, -0.25) is 9.89 Å². The maximum Gasteiger partial charge on any atom is 0.269 e. The van der Waals surface area contributed by atoms with Gasteiger partial charge in [-0.2, -0.15) is 5.10 Å². The molecule has 3 aromatic rings. The maximum atomic E-state index is 12.1. The third kappa shape index (κ3) is 3.85. The summed E-state index contributed by atoms with van der Waals surface area (Å²) in [6.45, 7) is 3.48. The average Bonchev–Trinajstić information content (AvgIpc) is 3.24. The molecule has 2 heterocycles. The van der Waals surface area contributed by atoms with Crippen LogP contribution in [0.3, 0.4) is 0 Å². The van der Waals surface area contributed by atoms with E-state index in [1.807, 2.05) is 42.0 Å². The van der Waals surface area contributed by atoms with E-state index in [1.54, 1.807) is 18.6 Å². The first-order valence-corrected chi connectivity index (χ1v) is 7.59. The highest BCUT2D eigenvalue weighted by atomic mass is 16.1. The van der Waals surface area contributed by atoms with Crippen LogP contribution < -0.4 is 5.32 Å². The van der Waals surface area contributed by atoms with E-state index in [0.717, 1.165) is 24.2 Å². The van der Waals surface area contributed by atoms with E-state index in [2.05, 4.69) is 20.5 Å². The number of nitrogens with zero attached hydrogens (tertiary/aromatic N) is 3. The number of amides is 1. The summed E-state index contributed by atoms with van der Waals surface area (Å²) in [7, 11) is 0. The van der Waals surface area contributed by atoms with Crippen LogP contribution in [-0.2, 0) is 6.54 Å². The summed E-state index contributed by atoms with van der Waals surface area (Å²) in [5.41, 5.74) is 3.43. The Balaban J connectivity index is 1.52. The third-order valence-electron chi connectivity index (χ3n) is 3.61. The van der Waals surface area contributed by atoms with Crippen molar-refractivity contribution in [3.05, 3.63) is 60.3 Å². The largest absolute Gasteiger partial charge is 0.351 e. The topological polar surface area (TPSA) is 75.6 Å². The number of H-pyrrole nitrogens is 1. The van der Waals surface area contributed by atoms with Crippen LogP contribution in [0.15, 0.2) is 49.1 Å². The van der Waals surface area contributed by atoms with Crippen molar-refractivity contribution in [2.24, 2.45) is 0 Å². The van der Waals surface area contributed by atoms with Gasteiger partial charge in [0.25, 0.3) is 5.91 Å². The number of rotatable bonds is 6. The van der Waals surface area contributed by atoms with E-state index >= 15 is 0 Å². The van der Waals surface area contributed by atoms with Gasteiger partial charge in [-0.25, -0.2) is 4.98 Å². The van der Waals surface area contributed by atoms with Crippen LogP contribution in [0.2, 0.25) is 0 Å². The first kappa shape index (κ1) is 15.0. The van der Waals surface area contributed by atoms with E-state index in [-0.39, 0.29) is 5.91 Å². The van der Waals surface area contributed by atoms with Gasteiger partial charge in [0.15, 0.2) is 0 Å². The fourth-order valence-corrected chi connectivity index (χ4v) is 2.29. The average molecular weight is 309 g/mol. The molecule has 6 heteroatoms. The molecule has 23 heavy (non-hydrogen) atoms. The number of carbonyl (C=O) groups is 1. The molecule has 6 nitrogen and oxygen atoms in total. The lowest BCUT2D eigenvalue weighted by atomic mass is 10.1. The molecule has 0 saturated carbocycles. The van der Waals surface area contributed by atoms with Crippen LogP contribution in [0.5, 0.6) is 0 Å². The SMILES string of the molecule is Cc1ccc(-c2cc(C(=O)NCCCn3ccnc3)[nH]n2)cc1. The van der Waals surface area contributed by atoms with E-state index < -0.39 is 0 Å². The van der Waals surface area contributed by atoms with E-state index in [4.69, 9.17) is 0 Å². The lowest BCUT2D eigenvalue weighted by molar-refractivity contribution is 0.0947. The summed E-state index contributed by atoms with van der Waals surface area (Å²) >= 11 is 0. The Hall–Kier alpha value is -2.89. The number of aromatic nitrogens is 4. The van der Waals surface area contributed by atoms with E-state index in [0.29, 0.717) is 12.2 Å². The first-order chi connectivity index (χ1) is 11.2. The minimum absolute atomic E-state index is 0.138. The molecule has 0 aliphatic heterocycles. The molecular formula is C17H19N5O. The maximum absolute atomic E-state index is 12.1. The highest BCUT2D eigenvalue weighted by molar-refractivity contribution is 5.93. The number of imidazole rings is 1. The van der Waals surface area contributed by atoms with Crippen molar-refractivity contribution in [2.75, 3.05) is 6.54 Å². The molecule has 1 aromatic carbocycles. The van der Waals surface area contributed by atoms with Crippen molar-refractivity contribution in [1.82, 2.24) is 25.1 Å². The second kappa shape index (κ2) is 6.91. The van der Waals surface area contributed by atoms with E-state index in [9.17, 15) is 4.79 Å². The van der Waals surface area contributed by atoms with Crippen LogP contribution in [0, 0.1) is 6.92 Å². The van der Waals surface area contributed by atoms with Crippen LogP contribution in [0.1, 0.15) is 22.5 Å². The van der Waals surface area contributed by atoms with Crippen molar-refractivity contribution in [3.63, 3.8) is 0 Å². The predicted octanol–water partition coefficient (Wildman–Crippen LogP) is 2.40. The molecular weight excluding hydrogens is 290 g/mol. The highest BCUT2D eigenvalue weighted by Gasteiger charge is 2.10. The molecule has 118 valence electrons. The Labute approximate surface area is 134 Å². The minimum Gasteiger partial charge on any atom is -0.351 e.